The number of nitrogens with two attached hydrogens (primary N) is 1. The molecule has 7 nitrogen and oxygen atoms in total. The maximum Gasteiger partial charge on any atom is 0.338 e. The van der Waals surface area contributed by atoms with Gasteiger partial charge < -0.3 is 15.4 Å². The third kappa shape index (κ3) is 3.04. The van der Waals surface area contributed by atoms with Crippen LogP contribution in [0.2, 0.25) is 5.02 Å². The van der Waals surface area contributed by atoms with Gasteiger partial charge in [0, 0.05) is 27.5 Å². The highest BCUT2D eigenvalue weighted by Gasteiger charge is 2.64. The van der Waals surface area contributed by atoms with Crippen LogP contribution in [0.25, 0.3) is 0 Å². The fraction of sp³-hybridized carbons (Fsp3) is 0.107. The largest absolute Gasteiger partial charge is 0.456 e. The summed E-state index contributed by atoms with van der Waals surface area (Å²) in [6, 6.07) is 21.9. The number of cyclic esters (lactones) is 1. The molecular weight excluding hydrogens is 495 g/mol. The monoisotopic (exact) mass is 512 g/mol. The molecule has 3 aromatic carbocycles. The number of rotatable bonds is 3. The summed E-state index contributed by atoms with van der Waals surface area (Å²) in [5.74, 6) is -1.79. The first-order valence-corrected chi connectivity index (χ1v) is 11.8. The highest BCUT2D eigenvalue weighted by Crippen LogP contribution is 2.56. The van der Waals surface area contributed by atoms with Crippen molar-refractivity contribution in [1.82, 2.24) is 0 Å². The van der Waals surface area contributed by atoms with Crippen LogP contribution in [0.5, 0.6) is 0 Å². The third-order valence-electron chi connectivity index (χ3n) is 6.98. The van der Waals surface area contributed by atoms with Crippen LogP contribution in [0.1, 0.15) is 11.1 Å². The van der Waals surface area contributed by atoms with Crippen LogP contribution in [0, 0.1) is 17.1 Å². The zero-order valence-corrected chi connectivity index (χ0v) is 20.0. The molecule has 3 aromatic rings. The minimum Gasteiger partial charge on any atom is -0.456 e. The molecule has 9 heteroatoms. The second-order valence-electron chi connectivity index (χ2n) is 8.84. The molecule has 0 aromatic heterocycles. The van der Waals surface area contributed by atoms with E-state index in [1.165, 1.54) is 15.9 Å². The van der Waals surface area contributed by atoms with Gasteiger partial charge in [-0.3, -0.25) is 9.69 Å². The first kappa shape index (κ1) is 22.8. The van der Waals surface area contributed by atoms with Crippen molar-refractivity contribution >= 4 is 34.9 Å². The van der Waals surface area contributed by atoms with Crippen LogP contribution in [0.4, 0.5) is 15.8 Å². The van der Waals surface area contributed by atoms with Gasteiger partial charge >= 0.3 is 5.97 Å². The average molecular weight is 513 g/mol. The van der Waals surface area contributed by atoms with Crippen LogP contribution in [0.3, 0.4) is 0 Å². The molecule has 3 heterocycles. The number of hydrogen-bond donors (Lipinski definition) is 1. The van der Waals surface area contributed by atoms with Crippen molar-refractivity contribution in [1.29, 1.82) is 5.26 Å². The van der Waals surface area contributed by atoms with E-state index in [1.807, 2.05) is 0 Å². The zero-order valence-electron chi connectivity index (χ0n) is 19.2. The number of anilines is 2. The van der Waals surface area contributed by atoms with E-state index < -0.39 is 23.1 Å². The SMILES string of the molecule is N#CC1=C(N)N(c2cccc(Cl)c2)C2=C(C(=O)OC2)[C@@]12C(=O)N(Cc1ccccc1F)c1ccccc12. The summed E-state index contributed by atoms with van der Waals surface area (Å²) in [7, 11) is 0. The second-order valence-corrected chi connectivity index (χ2v) is 9.27. The number of carbonyl (C=O) groups is 2. The molecule has 1 spiro atoms. The number of nitriles is 1. The smallest absolute Gasteiger partial charge is 0.338 e. The number of amides is 1. The van der Waals surface area contributed by atoms with E-state index in [4.69, 9.17) is 22.1 Å². The van der Waals surface area contributed by atoms with E-state index in [-0.39, 0.29) is 35.7 Å². The van der Waals surface area contributed by atoms with E-state index in [1.54, 1.807) is 66.7 Å². The first-order valence-electron chi connectivity index (χ1n) is 11.4. The van der Waals surface area contributed by atoms with Crippen LogP contribution < -0.4 is 15.5 Å². The highest BCUT2D eigenvalue weighted by molar-refractivity contribution is 6.30. The van der Waals surface area contributed by atoms with Crippen molar-refractivity contribution in [3.8, 4) is 6.07 Å². The normalized spacial score (nSPS) is 20.4. The topological polar surface area (TPSA) is 99.7 Å². The van der Waals surface area contributed by atoms with Crippen LogP contribution in [-0.2, 0) is 26.3 Å². The number of hydrogen-bond acceptors (Lipinski definition) is 6. The number of para-hydroxylation sites is 1. The average Bonchev–Trinajstić information content (AvgIpc) is 3.38. The Bertz CT molecular complexity index is 1630. The lowest BCUT2D eigenvalue weighted by molar-refractivity contribution is -0.137. The summed E-state index contributed by atoms with van der Waals surface area (Å²) in [6.45, 7) is -0.247. The standard InChI is InChI=1S/C28H18ClFN4O3/c29-17-7-5-8-18(12-17)34-23-15-37-26(35)24(23)28(20(13-31)25(34)32)19-9-2-4-11-22(19)33(27(28)36)14-16-6-1-3-10-21(16)30/h1-12H,14-15,32H2/t28-/m0/s1. The van der Waals surface area contributed by atoms with Crippen molar-refractivity contribution in [2.45, 2.75) is 12.0 Å². The minimum atomic E-state index is -1.83. The maximum atomic E-state index is 14.6. The Kier molecular flexibility index (Phi) is 5.07. The second kappa shape index (κ2) is 8.22. The summed E-state index contributed by atoms with van der Waals surface area (Å²) in [6.07, 6.45) is 0. The zero-order chi connectivity index (χ0) is 25.9. The van der Waals surface area contributed by atoms with Gasteiger partial charge in [-0.2, -0.15) is 5.26 Å². The van der Waals surface area contributed by atoms with Gasteiger partial charge in [0.1, 0.15) is 29.7 Å². The lowest BCUT2D eigenvalue weighted by Gasteiger charge is -2.38. The van der Waals surface area contributed by atoms with E-state index in [2.05, 4.69) is 6.07 Å². The van der Waals surface area contributed by atoms with Gasteiger partial charge in [0.05, 0.1) is 23.4 Å². The summed E-state index contributed by atoms with van der Waals surface area (Å²) in [5.41, 5.74) is 6.71. The van der Waals surface area contributed by atoms with E-state index in [9.17, 15) is 19.2 Å². The number of carbonyl (C=O) groups excluding carboxylic acids is 2. The molecule has 0 fully saturated rings. The molecule has 3 aliphatic rings. The van der Waals surface area contributed by atoms with E-state index in [0.717, 1.165) is 0 Å². The van der Waals surface area contributed by atoms with E-state index in [0.29, 0.717) is 27.7 Å². The molecule has 0 radical (unpaired) electrons. The highest BCUT2D eigenvalue weighted by atomic mass is 35.5. The Hall–Kier alpha value is -4.61. The predicted octanol–water partition coefficient (Wildman–Crippen LogP) is 4.29. The van der Waals surface area contributed by atoms with Gasteiger partial charge in [-0.1, -0.05) is 54.1 Å². The number of esters is 1. The molecule has 0 saturated heterocycles. The van der Waals surface area contributed by atoms with Gasteiger partial charge in [0.25, 0.3) is 0 Å². The van der Waals surface area contributed by atoms with Crippen molar-refractivity contribution < 1.29 is 18.7 Å². The van der Waals surface area contributed by atoms with Crippen molar-refractivity contribution in [3.05, 3.63) is 117 Å². The number of ether oxygens (including phenoxy) is 1. The van der Waals surface area contributed by atoms with E-state index >= 15 is 0 Å². The minimum absolute atomic E-state index is 0.0160. The fourth-order valence-corrected chi connectivity index (χ4v) is 5.64. The molecule has 1 amide bonds. The molecule has 37 heavy (non-hydrogen) atoms. The number of nitrogens with zero attached hydrogens (tertiary/aromatic N) is 3. The molecular formula is C28H18ClFN4O3. The Balaban J connectivity index is 1.62. The number of fused-ring (bicyclic) bond motifs is 3. The maximum absolute atomic E-state index is 14.6. The molecule has 182 valence electrons. The van der Waals surface area contributed by atoms with Crippen LogP contribution >= 0.6 is 11.6 Å². The Morgan fingerprint density at radius 1 is 1.08 bits per heavy atom. The number of benzene rings is 3. The van der Waals surface area contributed by atoms with Gasteiger partial charge in [-0.25, -0.2) is 9.18 Å². The molecule has 2 N–H and O–H groups in total. The lowest BCUT2D eigenvalue weighted by Crippen LogP contribution is -2.50. The Morgan fingerprint density at radius 2 is 1.84 bits per heavy atom. The summed E-state index contributed by atoms with van der Waals surface area (Å²) >= 11 is 6.22. The van der Waals surface area contributed by atoms with Gasteiger partial charge in [-0.05, 0) is 30.3 Å². The van der Waals surface area contributed by atoms with Gasteiger partial charge in [-0.15, -0.1) is 0 Å². The van der Waals surface area contributed by atoms with Gasteiger partial charge in [0.15, 0.2) is 0 Å². The Labute approximate surface area is 216 Å². The van der Waals surface area contributed by atoms with Crippen LogP contribution in [-0.4, -0.2) is 18.5 Å². The predicted molar refractivity (Wildman–Crippen MR) is 134 cm³/mol. The Morgan fingerprint density at radius 3 is 2.59 bits per heavy atom. The summed E-state index contributed by atoms with van der Waals surface area (Å²) in [4.78, 5) is 30.7. The molecule has 1 atom stereocenters. The summed E-state index contributed by atoms with van der Waals surface area (Å²) in [5, 5.41) is 10.9. The van der Waals surface area contributed by atoms with Crippen molar-refractivity contribution in [3.63, 3.8) is 0 Å². The lowest BCUT2D eigenvalue weighted by atomic mass is 9.67. The van der Waals surface area contributed by atoms with Gasteiger partial charge in [0.2, 0.25) is 5.91 Å². The third-order valence-corrected chi connectivity index (χ3v) is 7.21. The molecule has 6 rings (SSSR count). The summed E-state index contributed by atoms with van der Waals surface area (Å²) < 4.78 is 20.0. The molecule has 0 saturated carbocycles. The van der Waals surface area contributed by atoms with Crippen LogP contribution in [0.15, 0.2) is 95.5 Å². The van der Waals surface area contributed by atoms with Crippen molar-refractivity contribution in [2.24, 2.45) is 5.73 Å². The molecule has 0 bridgehead atoms. The fourth-order valence-electron chi connectivity index (χ4n) is 5.46. The first-order chi connectivity index (χ1) is 17.9. The molecule has 0 unspecified atom stereocenters. The molecule has 0 aliphatic carbocycles. The van der Waals surface area contributed by atoms with Crippen molar-refractivity contribution in [2.75, 3.05) is 16.4 Å². The molecule has 3 aliphatic heterocycles. The number of halogens is 2. The quantitative estimate of drug-likeness (QED) is 0.526.